The number of aryl methyl sites for hydroxylation is 3. The molecule has 0 spiro atoms. The summed E-state index contributed by atoms with van der Waals surface area (Å²) in [5, 5.41) is 0. The number of nitrogens with zero attached hydrogens (tertiary/aromatic N) is 1. The third-order valence-corrected chi connectivity index (χ3v) is 4.37. The van der Waals surface area contributed by atoms with E-state index in [9.17, 15) is 9.59 Å². The molecule has 0 aromatic heterocycles. The lowest BCUT2D eigenvalue weighted by Gasteiger charge is -2.26. The summed E-state index contributed by atoms with van der Waals surface area (Å²) in [4.78, 5) is 26.6. The first kappa shape index (κ1) is 14.5. The summed E-state index contributed by atoms with van der Waals surface area (Å²) in [6.07, 6.45) is 0. The first-order chi connectivity index (χ1) is 10.4. The second-order valence-corrected chi connectivity index (χ2v) is 6.01. The fourth-order valence-electron chi connectivity index (χ4n) is 3.54. The summed E-state index contributed by atoms with van der Waals surface area (Å²) in [7, 11) is 0. The van der Waals surface area contributed by atoms with Gasteiger partial charge < -0.3 is 0 Å². The van der Waals surface area contributed by atoms with Gasteiger partial charge in [0.15, 0.2) is 0 Å². The van der Waals surface area contributed by atoms with E-state index < -0.39 is 0 Å². The van der Waals surface area contributed by atoms with E-state index in [0.717, 1.165) is 16.7 Å². The first-order valence-electron chi connectivity index (χ1n) is 7.46. The zero-order valence-corrected chi connectivity index (χ0v) is 13.3. The Hall–Kier alpha value is -2.42. The van der Waals surface area contributed by atoms with E-state index in [2.05, 4.69) is 19.1 Å². The van der Waals surface area contributed by atoms with Gasteiger partial charge in [-0.05, 0) is 56.5 Å². The lowest BCUT2D eigenvalue weighted by molar-refractivity contribution is 0.0594. The van der Waals surface area contributed by atoms with E-state index in [-0.39, 0.29) is 17.9 Å². The minimum atomic E-state index is -0.270. The van der Waals surface area contributed by atoms with E-state index in [1.807, 2.05) is 20.8 Å². The van der Waals surface area contributed by atoms with E-state index >= 15 is 0 Å². The van der Waals surface area contributed by atoms with Crippen LogP contribution < -0.4 is 0 Å². The molecule has 2 aromatic rings. The van der Waals surface area contributed by atoms with Crippen molar-refractivity contribution in [3.63, 3.8) is 0 Å². The molecule has 0 saturated heterocycles. The van der Waals surface area contributed by atoms with Crippen molar-refractivity contribution in [3.8, 4) is 0 Å². The number of carbonyl (C=O) groups is 2. The Bertz CT molecular complexity index is 734. The highest BCUT2D eigenvalue weighted by Crippen LogP contribution is 2.34. The van der Waals surface area contributed by atoms with Gasteiger partial charge in [0.25, 0.3) is 11.8 Å². The molecule has 2 aromatic carbocycles. The van der Waals surface area contributed by atoms with Crippen LogP contribution in [0.1, 0.15) is 55.9 Å². The van der Waals surface area contributed by atoms with Gasteiger partial charge in [-0.3, -0.25) is 14.5 Å². The predicted molar refractivity (Wildman–Crippen MR) is 86.0 cm³/mol. The highest BCUT2D eigenvalue weighted by molar-refractivity contribution is 6.21. The Kier molecular flexibility index (Phi) is 3.36. The third-order valence-electron chi connectivity index (χ3n) is 4.37. The minimum absolute atomic E-state index is 0.201. The molecule has 1 aliphatic heterocycles. The number of fused-ring (bicyclic) bond motifs is 1. The first-order valence-corrected chi connectivity index (χ1v) is 7.46. The number of hydrogen-bond donors (Lipinski definition) is 0. The van der Waals surface area contributed by atoms with Gasteiger partial charge in [0.1, 0.15) is 0 Å². The van der Waals surface area contributed by atoms with Gasteiger partial charge in [0, 0.05) is 0 Å². The number of benzene rings is 2. The summed E-state index contributed by atoms with van der Waals surface area (Å²) >= 11 is 0. The maximum Gasteiger partial charge on any atom is 0.262 e. The van der Waals surface area contributed by atoms with Crippen LogP contribution in [0.25, 0.3) is 0 Å². The summed E-state index contributed by atoms with van der Waals surface area (Å²) in [5.74, 6) is -0.403. The monoisotopic (exact) mass is 293 g/mol. The molecule has 112 valence electrons. The molecule has 3 rings (SSSR count). The van der Waals surface area contributed by atoms with E-state index in [1.165, 1.54) is 10.5 Å². The average Bonchev–Trinajstić information content (AvgIpc) is 2.70. The van der Waals surface area contributed by atoms with Crippen molar-refractivity contribution >= 4 is 11.8 Å². The number of carbonyl (C=O) groups excluding carboxylic acids is 2. The standard InChI is InChI=1S/C19H19NO2/c1-11-9-12(2)17(13(3)10-11)14(4)20-18(21)15-7-5-6-8-16(15)19(20)22/h5-10,14H,1-4H3/t14-/m1/s1. The quantitative estimate of drug-likeness (QED) is 0.786. The summed E-state index contributed by atoms with van der Waals surface area (Å²) in [6.45, 7) is 8.04. The molecular formula is C19H19NO2. The van der Waals surface area contributed by atoms with Crippen LogP contribution in [-0.2, 0) is 0 Å². The van der Waals surface area contributed by atoms with Crippen molar-refractivity contribution in [1.29, 1.82) is 0 Å². The van der Waals surface area contributed by atoms with Gasteiger partial charge in [0.05, 0.1) is 17.2 Å². The Morgan fingerprint density at radius 2 is 1.32 bits per heavy atom. The van der Waals surface area contributed by atoms with Crippen molar-refractivity contribution in [1.82, 2.24) is 4.90 Å². The van der Waals surface area contributed by atoms with Crippen LogP contribution in [0, 0.1) is 20.8 Å². The highest BCUT2D eigenvalue weighted by atomic mass is 16.2. The van der Waals surface area contributed by atoms with E-state index in [4.69, 9.17) is 0 Å². The fraction of sp³-hybridized carbons (Fsp3) is 0.263. The highest BCUT2D eigenvalue weighted by Gasteiger charge is 2.39. The van der Waals surface area contributed by atoms with Gasteiger partial charge >= 0.3 is 0 Å². The van der Waals surface area contributed by atoms with Gasteiger partial charge in [-0.2, -0.15) is 0 Å². The smallest absolute Gasteiger partial charge is 0.262 e. The molecule has 0 unspecified atom stereocenters. The van der Waals surface area contributed by atoms with Crippen molar-refractivity contribution in [2.24, 2.45) is 0 Å². The summed E-state index contributed by atoms with van der Waals surface area (Å²) in [5.41, 5.74) is 5.47. The van der Waals surface area contributed by atoms with Crippen LogP contribution in [0.3, 0.4) is 0 Å². The Labute approximate surface area is 130 Å². The van der Waals surface area contributed by atoms with Gasteiger partial charge in [-0.15, -0.1) is 0 Å². The summed E-state index contributed by atoms with van der Waals surface area (Å²) in [6, 6.07) is 10.9. The molecule has 0 saturated carbocycles. The molecule has 22 heavy (non-hydrogen) atoms. The molecule has 0 radical (unpaired) electrons. The maximum atomic E-state index is 12.6. The van der Waals surface area contributed by atoms with Crippen molar-refractivity contribution in [2.45, 2.75) is 33.7 Å². The zero-order valence-electron chi connectivity index (χ0n) is 13.3. The van der Waals surface area contributed by atoms with Gasteiger partial charge in [0.2, 0.25) is 0 Å². The maximum absolute atomic E-state index is 12.6. The van der Waals surface area contributed by atoms with Crippen molar-refractivity contribution < 1.29 is 9.59 Å². The van der Waals surface area contributed by atoms with Crippen molar-refractivity contribution in [3.05, 3.63) is 69.8 Å². The van der Waals surface area contributed by atoms with Crippen LogP contribution >= 0.6 is 0 Å². The van der Waals surface area contributed by atoms with E-state index in [0.29, 0.717) is 11.1 Å². The molecule has 0 aliphatic carbocycles. The Balaban J connectivity index is 2.07. The lowest BCUT2D eigenvalue weighted by Crippen LogP contribution is -2.33. The number of amides is 2. The molecular weight excluding hydrogens is 274 g/mol. The second-order valence-electron chi connectivity index (χ2n) is 6.01. The predicted octanol–water partition coefficient (Wildman–Crippen LogP) is 3.97. The molecule has 1 atom stereocenters. The molecule has 0 fully saturated rings. The van der Waals surface area contributed by atoms with Crippen LogP contribution in [-0.4, -0.2) is 16.7 Å². The summed E-state index contributed by atoms with van der Waals surface area (Å²) < 4.78 is 0. The number of imide groups is 1. The molecule has 3 heteroatoms. The van der Waals surface area contributed by atoms with E-state index in [1.54, 1.807) is 24.3 Å². The largest absolute Gasteiger partial charge is 0.269 e. The molecule has 0 bridgehead atoms. The fourth-order valence-corrected chi connectivity index (χ4v) is 3.54. The molecule has 0 N–H and O–H groups in total. The van der Waals surface area contributed by atoms with Crippen LogP contribution in [0.4, 0.5) is 0 Å². The molecule has 2 amide bonds. The molecule has 1 aliphatic rings. The average molecular weight is 293 g/mol. The topological polar surface area (TPSA) is 37.4 Å². The number of hydrogen-bond acceptors (Lipinski definition) is 2. The number of rotatable bonds is 2. The SMILES string of the molecule is Cc1cc(C)c([C@@H](C)N2C(=O)c3ccccc3C2=O)c(C)c1. The van der Waals surface area contributed by atoms with Crippen molar-refractivity contribution in [2.75, 3.05) is 0 Å². The lowest BCUT2D eigenvalue weighted by atomic mass is 9.94. The van der Waals surface area contributed by atoms with Crippen LogP contribution in [0.5, 0.6) is 0 Å². The van der Waals surface area contributed by atoms with Gasteiger partial charge in [-0.25, -0.2) is 0 Å². The van der Waals surface area contributed by atoms with Crippen LogP contribution in [0.15, 0.2) is 36.4 Å². The second kappa shape index (κ2) is 5.09. The Morgan fingerprint density at radius 3 is 1.77 bits per heavy atom. The zero-order chi connectivity index (χ0) is 16.0. The Morgan fingerprint density at radius 1 is 0.864 bits per heavy atom. The third kappa shape index (κ3) is 2.05. The molecule has 1 heterocycles. The molecule has 3 nitrogen and oxygen atoms in total. The van der Waals surface area contributed by atoms with Gasteiger partial charge in [-0.1, -0.05) is 29.8 Å². The minimum Gasteiger partial charge on any atom is -0.269 e. The van der Waals surface area contributed by atoms with Crippen LogP contribution in [0.2, 0.25) is 0 Å². The normalized spacial score (nSPS) is 15.2.